The van der Waals surface area contributed by atoms with Gasteiger partial charge in [-0.05, 0) is 35.9 Å². The summed E-state index contributed by atoms with van der Waals surface area (Å²) in [4.78, 5) is 11.9. The number of amides is 1. The summed E-state index contributed by atoms with van der Waals surface area (Å²) in [7, 11) is 1.40. The highest BCUT2D eigenvalue weighted by Crippen LogP contribution is 2.28. The normalized spacial score (nSPS) is 11.2. The number of rotatable bonds is 9. The summed E-state index contributed by atoms with van der Waals surface area (Å²) in [5, 5.41) is 2.64. The van der Waals surface area contributed by atoms with Crippen LogP contribution in [0.25, 0.3) is 0 Å². The van der Waals surface area contributed by atoms with Crippen molar-refractivity contribution in [2.45, 2.75) is 11.4 Å². The third-order valence-electron chi connectivity index (χ3n) is 4.12. The van der Waals surface area contributed by atoms with Crippen LogP contribution in [0.4, 0.5) is 4.39 Å². The lowest BCUT2D eigenvalue weighted by Crippen LogP contribution is -2.38. The summed E-state index contributed by atoms with van der Waals surface area (Å²) >= 11 is 0. The van der Waals surface area contributed by atoms with Gasteiger partial charge in [0.2, 0.25) is 15.9 Å². The van der Waals surface area contributed by atoms with Crippen LogP contribution in [0.15, 0.2) is 41.3 Å². The van der Waals surface area contributed by atoms with E-state index in [1.54, 1.807) is 18.2 Å². The Morgan fingerprint density at radius 1 is 1.00 bits per heavy atom. The lowest BCUT2D eigenvalue weighted by Gasteiger charge is -2.18. The number of hydrogen-bond acceptors (Lipinski definition) is 6. The Morgan fingerprint density at radius 3 is 2.24 bits per heavy atom. The minimum atomic E-state index is -4.13. The molecule has 0 aliphatic carbocycles. The molecule has 0 unspecified atom stereocenters. The summed E-state index contributed by atoms with van der Waals surface area (Å²) in [6, 6.07) is 8.32. The highest BCUT2D eigenvalue weighted by atomic mass is 32.2. The van der Waals surface area contributed by atoms with Crippen molar-refractivity contribution in [3.63, 3.8) is 0 Å². The van der Waals surface area contributed by atoms with E-state index in [1.165, 1.54) is 34.4 Å². The Balaban J connectivity index is 2.06. The molecule has 2 aromatic rings. The smallest absolute Gasteiger partial charge is 0.247 e. The Hall–Kier alpha value is -2.85. The SMILES string of the molecule is COc1ccc(CNC(=O)CN(C)S(=O)(=O)c2cc(F)ccc2OC)cc1OC. The molecule has 0 atom stereocenters. The van der Waals surface area contributed by atoms with Crippen LogP contribution < -0.4 is 19.5 Å². The summed E-state index contributed by atoms with van der Waals surface area (Å²) < 4.78 is 55.1. The number of carbonyl (C=O) groups is 1. The Morgan fingerprint density at radius 2 is 1.62 bits per heavy atom. The number of benzene rings is 2. The molecule has 0 saturated heterocycles. The van der Waals surface area contributed by atoms with Gasteiger partial charge in [0.05, 0.1) is 27.9 Å². The molecule has 0 bridgehead atoms. The number of methoxy groups -OCH3 is 3. The van der Waals surface area contributed by atoms with Crippen LogP contribution >= 0.6 is 0 Å². The van der Waals surface area contributed by atoms with Crippen molar-refractivity contribution in [1.82, 2.24) is 9.62 Å². The zero-order chi connectivity index (χ0) is 21.6. The molecular weight excluding hydrogens is 403 g/mol. The third kappa shape index (κ3) is 5.36. The number of halogens is 1. The molecule has 0 aliphatic rings. The van der Waals surface area contributed by atoms with E-state index >= 15 is 0 Å². The number of nitrogens with zero attached hydrogens (tertiary/aromatic N) is 1. The molecule has 0 aliphatic heterocycles. The minimum absolute atomic E-state index is 0.0102. The summed E-state index contributed by atoms with van der Waals surface area (Å²) in [5.74, 6) is -0.199. The van der Waals surface area contributed by atoms with Crippen LogP contribution in [0.5, 0.6) is 17.2 Å². The maximum atomic E-state index is 13.5. The molecular formula is C19H23FN2O6S. The van der Waals surface area contributed by atoms with Crippen molar-refractivity contribution in [1.29, 1.82) is 0 Å². The van der Waals surface area contributed by atoms with E-state index in [-0.39, 0.29) is 17.2 Å². The molecule has 0 heterocycles. The zero-order valence-corrected chi connectivity index (χ0v) is 17.4. The van der Waals surface area contributed by atoms with Gasteiger partial charge in [0.15, 0.2) is 11.5 Å². The van der Waals surface area contributed by atoms with E-state index in [1.807, 2.05) is 0 Å². The van der Waals surface area contributed by atoms with Gasteiger partial charge in [-0.25, -0.2) is 12.8 Å². The number of hydrogen-bond donors (Lipinski definition) is 1. The second-order valence-electron chi connectivity index (χ2n) is 6.02. The quantitative estimate of drug-likeness (QED) is 0.657. The number of nitrogens with one attached hydrogen (secondary N) is 1. The number of carbonyl (C=O) groups excluding carboxylic acids is 1. The topological polar surface area (TPSA) is 94.2 Å². The third-order valence-corrected chi connectivity index (χ3v) is 5.94. The van der Waals surface area contributed by atoms with Gasteiger partial charge in [-0.15, -0.1) is 0 Å². The zero-order valence-electron chi connectivity index (χ0n) is 16.6. The van der Waals surface area contributed by atoms with Crippen molar-refractivity contribution < 1.29 is 31.8 Å². The van der Waals surface area contributed by atoms with Gasteiger partial charge in [-0.3, -0.25) is 4.79 Å². The van der Waals surface area contributed by atoms with Crippen molar-refractivity contribution in [2.75, 3.05) is 34.9 Å². The molecule has 0 aromatic heterocycles. The van der Waals surface area contributed by atoms with Crippen molar-refractivity contribution in [3.8, 4) is 17.2 Å². The van der Waals surface area contributed by atoms with Crippen LogP contribution in [0.1, 0.15) is 5.56 Å². The second kappa shape index (κ2) is 9.57. The van der Waals surface area contributed by atoms with Crippen LogP contribution in [-0.4, -0.2) is 53.6 Å². The lowest BCUT2D eigenvalue weighted by atomic mass is 10.2. The van der Waals surface area contributed by atoms with Crippen molar-refractivity contribution in [3.05, 3.63) is 47.8 Å². The minimum Gasteiger partial charge on any atom is -0.495 e. The molecule has 2 rings (SSSR count). The predicted molar refractivity (Wildman–Crippen MR) is 104 cm³/mol. The first-order valence-electron chi connectivity index (χ1n) is 8.50. The highest BCUT2D eigenvalue weighted by molar-refractivity contribution is 7.89. The molecule has 29 heavy (non-hydrogen) atoms. The molecule has 8 nitrogen and oxygen atoms in total. The molecule has 10 heteroatoms. The average Bonchev–Trinajstić information content (AvgIpc) is 2.71. The van der Waals surface area contributed by atoms with Crippen molar-refractivity contribution in [2.24, 2.45) is 0 Å². The molecule has 1 N–H and O–H groups in total. The fourth-order valence-corrected chi connectivity index (χ4v) is 3.84. The molecule has 2 aromatic carbocycles. The van der Waals surface area contributed by atoms with Gasteiger partial charge in [0, 0.05) is 13.6 Å². The Bertz CT molecular complexity index is 981. The molecule has 0 fully saturated rings. The van der Waals surface area contributed by atoms with Gasteiger partial charge in [-0.2, -0.15) is 4.31 Å². The number of likely N-dealkylation sites (N-methyl/N-ethyl adjacent to an activating group) is 1. The number of ether oxygens (including phenoxy) is 3. The Kier molecular flexibility index (Phi) is 7.40. The van der Waals surface area contributed by atoms with Gasteiger partial charge in [-0.1, -0.05) is 6.07 Å². The maximum Gasteiger partial charge on any atom is 0.247 e. The summed E-state index contributed by atoms with van der Waals surface area (Å²) in [5.41, 5.74) is 0.744. The lowest BCUT2D eigenvalue weighted by molar-refractivity contribution is -0.121. The van der Waals surface area contributed by atoms with Gasteiger partial charge in [0.1, 0.15) is 16.5 Å². The maximum absolute atomic E-state index is 13.5. The molecule has 0 radical (unpaired) electrons. The monoisotopic (exact) mass is 426 g/mol. The van der Waals surface area contributed by atoms with Crippen LogP contribution in [-0.2, 0) is 21.4 Å². The fourth-order valence-electron chi connectivity index (χ4n) is 2.55. The first-order chi connectivity index (χ1) is 13.7. The van der Waals surface area contributed by atoms with Gasteiger partial charge < -0.3 is 19.5 Å². The number of sulfonamides is 1. The van der Waals surface area contributed by atoms with Gasteiger partial charge in [0.25, 0.3) is 0 Å². The standard InChI is InChI=1S/C19H23FN2O6S/c1-22(29(24,25)18-10-14(20)6-8-16(18)27-3)12-19(23)21-11-13-5-7-15(26-2)17(9-13)28-4/h5-10H,11-12H2,1-4H3,(H,21,23). The van der Waals surface area contributed by atoms with Gasteiger partial charge >= 0.3 is 0 Å². The molecule has 0 saturated carbocycles. The molecule has 158 valence electrons. The van der Waals surface area contributed by atoms with E-state index in [0.717, 1.165) is 22.0 Å². The van der Waals surface area contributed by atoms with E-state index in [2.05, 4.69) is 5.32 Å². The largest absolute Gasteiger partial charge is 0.495 e. The molecule has 1 amide bonds. The predicted octanol–water partition coefficient (Wildman–Crippen LogP) is 1.79. The van der Waals surface area contributed by atoms with Crippen molar-refractivity contribution >= 4 is 15.9 Å². The highest BCUT2D eigenvalue weighted by Gasteiger charge is 2.27. The fraction of sp³-hybridized carbons (Fsp3) is 0.316. The second-order valence-corrected chi connectivity index (χ2v) is 8.04. The van der Waals surface area contributed by atoms with E-state index in [4.69, 9.17) is 14.2 Å². The summed E-state index contributed by atoms with van der Waals surface area (Å²) in [6.07, 6.45) is 0. The van der Waals surface area contributed by atoms with E-state index in [0.29, 0.717) is 11.5 Å². The van der Waals surface area contributed by atoms with Crippen LogP contribution in [0.3, 0.4) is 0 Å². The van der Waals surface area contributed by atoms with E-state index < -0.39 is 28.3 Å². The molecule has 0 spiro atoms. The van der Waals surface area contributed by atoms with Crippen LogP contribution in [0.2, 0.25) is 0 Å². The first kappa shape index (κ1) is 22.4. The van der Waals surface area contributed by atoms with Crippen LogP contribution in [0, 0.1) is 5.82 Å². The Labute approximate surface area is 169 Å². The first-order valence-corrected chi connectivity index (χ1v) is 9.94. The summed E-state index contributed by atoms with van der Waals surface area (Å²) in [6.45, 7) is -0.286. The van der Waals surface area contributed by atoms with E-state index in [9.17, 15) is 17.6 Å². The average molecular weight is 426 g/mol.